The number of carbonyl (C=O) groups excluding carboxylic acids is 1. The number of anilines is 1. The molecule has 6 nitrogen and oxygen atoms in total. The molecule has 21 heavy (non-hydrogen) atoms. The summed E-state index contributed by atoms with van der Waals surface area (Å²) in [6.45, 7) is 12.1. The van der Waals surface area contributed by atoms with Crippen LogP contribution in [0.4, 0.5) is 5.69 Å². The molecule has 0 saturated carbocycles. The van der Waals surface area contributed by atoms with Gasteiger partial charge in [-0.15, -0.1) is 0 Å². The van der Waals surface area contributed by atoms with Gasteiger partial charge in [-0.2, -0.15) is 5.10 Å². The Kier molecular flexibility index (Phi) is 5.76. The topological polar surface area (TPSA) is 62.2 Å². The van der Waals surface area contributed by atoms with Gasteiger partial charge in [-0.05, 0) is 32.1 Å². The highest BCUT2D eigenvalue weighted by Gasteiger charge is 2.28. The van der Waals surface area contributed by atoms with Crippen molar-refractivity contribution in [1.82, 2.24) is 20.0 Å². The molecule has 0 bridgehead atoms. The summed E-state index contributed by atoms with van der Waals surface area (Å²) >= 11 is 0. The second-order valence-corrected chi connectivity index (χ2v) is 5.72. The van der Waals surface area contributed by atoms with E-state index < -0.39 is 0 Å². The Bertz CT molecular complexity index is 451. The smallest absolute Gasteiger partial charge is 0.227 e. The maximum atomic E-state index is 12.1. The molecule has 2 rings (SSSR count). The van der Waals surface area contributed by atoms with E-state index in [4.69, 9.17) is 0 Å². The van der Waals surface area contributed by atoms with E-state index in [0.29, 0.717) is 5.92 Å². The predicted molar refractivity (Wildman–Crippen MR) is 84.2 cm³/mol. The van der Waals surface area contributed by atoms with Crippen LogP contribution in [0.25, 0.3) is 0 Å². The summed E-state index contributed by atoms with van der Waals surface area (Å²) in [6, 6.07) is 0. The van der Waals surface area contributed by atoms with E-state index in [1.165, 1.54) is 0 Å². The molecular weight excluding hydrogens is 266 g/mol. The molecule has 1 saturated heterocycles. The van der Waals surface area contributed by atoms with E-state index in [2.05, 4.69) is 34.5 Å². The number of likely N-dealkylation sites (N-methyl/N-ethyl adjacent to an activating group) is 1. The summed E-state index contributed by atoms with van der Waals surface area (Å²) in [5, 5.41) is 10.5. The van der Waals surface area contributed by atoms with E-state index in [1.807, 2.05) is 17.8 Å². The second-order valence-electron chi connectivity index (χ2n) is 5.72. The van der Waals surface area contributed by atoms with Crippen molar-refractivity contribution in [3.05, 3.63) is 12.4 Å². The number of carbonyl (C=O) groups is 1. The second kappa shape index (κ2) is 7.56. The molecular formula is C15H27N5O. The summed E-state index contributed by atoms with van der Waals surface area (Å²) in [5.41, 5.74) is 0.790. The van der Waals surface area contributed by atoms with Crippen LogP contribution in [0.1, 0.15) is 20.8 Å². The van der Waals surface area contributed by atoms with Crippen molar-refractivity contribution < 1.29 is 4.79 Å². The molecule has 1 aliphatic rings. The van der Waals surface area contributed by atoms with E-state index in [0.717, 1.165) is 45.0 Å². The molecule has 1 aromatic rings. The number of rotatable bonds is 8. The molecule has 118 valence electrons. The van der Waals surface area contributed by atoms with Crippen molar-refractivity contribution in [2.45, 2.75) is 27.3 Å². The van der Waals surface area contributed by atoms with E-state index in [-0.39, 0.29) is 11.8 Å². The van der Waals surface area contributed by atoms with Gasteiger partial charge in [-0.3, -0.25) is 9.48 Å². The lowest BCUT2D eigenvalue weighted by Crippen LogP contribution is -2.48. The fourth-order valence-corrected chi connectivity index (χ4v) is 2.47. The van der Waals surface area contributed by atoms with Crippen LogP contribution in [-0.2, 0) is 11.3 Å². The van der Waals surface area contributed by atoms with Crippen LogP contribution < -0.4 is 10.6 Å². The fourth-order valence-electron chi connectivity index (χ4n) is 2.47. The Morgan fingerprint density at radius 3 is 2.81 bits per heavy atom. The highest BCUT2D eigenvalue weighted by molar-refractivity contribution is 5.92. The Labute approximate surface area is 126 Å². The van der Waals surface area contributed by atoms with Crippen molar-refractivity contribution >= 4 is 11.6 Å². The monoisotopic (exact) mass is 293 g/mol. The zero-order valence-corrected chi connectivity index (χ0v) is 13.3. The van der Waals surface area contributed by atoms with Gasteiger partial charge in [0.25, 0.3) is 0 Å². The van der Waals surface area contributed by atoms with Gasteiger partial charge in [0, 0.05) is 18.7 Å². The van der Waals surface area contributed by atoms with Gasteiger partial charge in [0.15, 0.2) is 0 Å². The Balaban J connectivity index is 1.80. The lowest BCUT2D eigenvalue weighted by Gasteiger charge is -2.31. The zero-order chi connectivity index (χ0) is 15.2. The average Bonchev–Trinajstić information content (AvgIpc) is 2.85. The molecule has 0 aromatic carbocycles. The largest absolute Gasteiger partial charge is 0.323 e. The Hall–Kier alpha value is -1.40. The minimum Gasteiger partial charge on any atom is -0.323 e. The van der Waals surface area contributed by atoms with Crippen molar-refractivity contribution in [3.63, 3.8) is 0 Å². The van der Waals surface area contributed by atoms with Crippen molar-refractivity contribution in [1.29, 1.82) is 0 Å². The number of hydrogen-bond acceptors (Lipinski definition) is 4. The number of hydrogen-bond donors (Lipinski definition) is 2. The van der Waals surface area contributed by atoms with Gasteiger partial charge in [0.2, 0.25) is 5.91 Å². The molecule has 2 N–H and O–H groups in total. The van der Waals surface area contributed by atoms with Gasteiger partial charge >= 0.3 is 0 Å². The standard InChI is InChI=1S/C15H27N5O/c1-4-19(5-2)6-7-20-11-14(10-17-20)18-15(21)12(3)13-8-16-9-13/h10-13,16H,4-9H2,1-3H3,(H,18,21). The van der Waals surface area contributed by atoms with Gasteiger partial charge in [-0.25, -0.2) is 0 Å². The summed E-state index contributed by atoms with van der Waals surface area (Å²) in [7, 11) is 0. The Morgan fingerprint density at radius 1 is 1.52 bits per heavy atom. The lowest BCUT2D eigenvalue weighted by atomic mass is 9.88. The minimum absolute atomic E-state index is 0.0466. The molecule has 1 aromatic heterocycles. The zero-order valence-electron chi connectivity index (χ0n) is 13.3. The summed E-state index contributed by atoms with van der Waals surface area (Å²) in [5.74, 6) is 0.595. The third-order valence-electron chi connectivity index (χ3n) is 4.37. The first-order valence-electron chi connectivity index (χ1n) is 7.90. The van der Waals surface area contributed by atoms with Gasteiger partial charge in [0.1, 0.15) is 0 Å². The molecule has 1 amide bonds. The lowest BCUT2D eigenvalue weighted by molar-refractivity contribution is -0.121. The number of amides is 1. The van der Waals surface area contributed by atoms with Gasteiger partial charge < -0.3 is 15.5 Å². The van der Waals surface area contributed by atoms with Crippen LogP contribution in [0.3, 0.4) is 0 Å². The number of nitrogens with zero attached hydrogens (tertiary/aromatic N) is 3. The first kappa shape index (κ1) is 16.0. The molecule has 0 spiro atoms. The normalized spacial score (nSPS) is 16.8. The third-order valence-corrected chi connectivity index (χ3v) is 4.37. The molecule has 0 aliphatic carbocycles. The molecule has 0 radical (unpaired) electrons. The summed E-state index contributed by atoms with van der Waals surface area (Å²) in [6.07, 6.45) is 3.64. The van der Waals surface area contributed by atoms with Crippen molar-refractivity contribution in [2.24, 2.45) is 11.8 Å². The van der Waals surface area contributed by atoms with Crippen LogP contribution in [0.5, 0.6) is 0 Å². The maximum Gasteiger partial charge on any atom is 0.227 e. The van der Waals surface area contributed by atoms with E-state index in [1.54, 1.807) is 6.20 Å². The van der Waals surface area contributed by atoms with Gasteiger partial charge in [0.05, 0.1) is 18.4 Å². The molecule has 1 aliphatic heterocycles. The molecule has 2 heterocycles. The molecule has 1 atom stereocenters. The first-order valence-corrected chi connectivity index (χ1v) is 7.90. The first-order chi connectivity index (χ1) is 10.1. The number of nitrogens with one attached hydrogen (secondary N) is 2. The predicted octanol–water partition coefficient (Wildman–Crippen LogP) is 1.02. The minimum atomic E-state index is 0.0466. The summed E-state index contributed by atoms with van der Waals surface area (Å²) in [4.78, 5) is 14.5. The average molecular weight is 293 g/mol. The fraction of sp³-hybridized carbons (Fsp3) is 0.733. The van der Waals surface area contributed by atoms with Crippen LogP contribution >= 0.6 is 0 Å². The number of aromatic nitrogens is 2. The van der Waals surface area contributed by atoms with E-state index >= 15 is 0 Å². The maximum absolute atomic E-state index is 12.1. The Morgan fingerprint density at radius 2 is 2.24 bits per heavy atom. The quantitative estimate of drug-likeness (QED) is 0.751. The van der Waals surface area contributed by atoms with Crippen LogP contribution in [0.2, 0.25) is 0 Å². The van der Waals surface area contributed by atoms with Crippen molar-refractivity contribution in [2.75, 3.05) is 38.0 Å². The highest BCUT2D eigenvalue weighted by Crippen LogP contribution is 2.18. The molecule has 6 heteroatoms. The van der Waals surface area contributed by atoms with Crippen LogP contribution in [0, 0.1) is 11.8 Å². The van der Waals surface area contributed by atoms with Crippen LogP contribution in [0.15, 0.2) is 12.4 Å². The van der Waals surface area contributed by atoms with E-state index in [9.17, 15) is 4.79 Å². The third kappa shape index (κ3) is 4.28. The summed E-state index contributed by atoms with van der Waals surface area (Å²) < 4.78 is 1.89. The van der Waals surface area contributed by atoms with Crippen molar-refractivity contribution in [3.8, 4) is 0 Å². The molecule has 1 unspecified atom stereocenters. The molecule has 1 fully saturated rings. The highest BCUT2D eigenvalue weighted by atomic mass is 16.1. The van der Waals surface area contributed by atoms with Gasteiger partial charge in [-0.1, -0.05) is 20.8 Å². The SMILES string of the molecule is CCN(CC)CCn1cc(NC(=O)C(C)C2CNC2)cn1. The van der Waals surface area contributed by atoms with Crippen LogP contribution in [-0.4, -0.2) is 53.3 Å².